The van der Waals surface area contributed by atoms with E-state index >= 15 is 0 Å². The molecule has 1 saturated heterocycles. The van der Waals surface area contributed by atoms with Crippen LogP contribution < -0.4 is 15.2 Å². The SMILES string of the molecule is CN(CCN1CCOCC1)c1ccc2cc(-c3ccccc3OC(F)(F)F)[nH]c(=O)c2c1. The van der Waals surface area contributed by atoms with E-state index < -0.39 is 6.36 Å². The number of aromatic nitrogens is 1. The average molecular weight is 447 g/mol. The Bertz CT molecular complexity index is 1140. The first-order valence-corrected chi connectivity index (χ1v) is 10.3. The van der Waals surface area contributed by atoms with Gasteiger partial charge in [-0.05, 0) is 35.7 Å². The van der Waals surface area contributed by atoms with Crippen molar-refractivity contribution in [1.29, 1.82) is 0 Å². The Kier molecular flexibility index (Phi) is 6.38. The lowest BCUT2D eigenvalue weighted by atomic mass is 10.1. The van der Waals surface area contributed by atoms with Crippen molar-refractivity contribution < 1.29 is 22.6 Å². The van der Waals surface area contributed by atoms with E-state index in [1.54, 1.807) is 18.2 Å². The summed E-state index contributed by atoms with van der Waals surface area (Å²) < 4.78 is 47.8. The van der Waals surface area contributed by atoms with Crippen LogP contribution in [0.15, 0.2) is 53.3 Å². The summed E-state index contributed by atoms with van der Waals surface area (Å²) in [5, 5.41) is 1.11. The molecular formula is C23H24F3N3O3. The summed E-state index contributed by atoms with van der Waals surface area (Å²) in [6, 6.07) is 12.9. The number of hydrogen-bond donors (Lipinski definition) is 1. The summed E-state index contributed by atoms with van der Waals surface area (Å²) in [6.07, 6.45) is -4.83. The molecule has 0 radical (unpaired) electrons. The Morgan fingerprint density at radius 3 is 2.62 bits per heavy atom. The average Bonchev–Trinajstić information content (AvgIpc) is 2.77. The van der Waals surface area contributed by atoms with Crippen LogP contribution in [-0.2, 0) is 4.74 Å². The minimum absolute atomic E-state index is 0.163. The molecule has 32 heavy (non-hydrogen) atoms. The van der Waals surface area contributed by atoms with E-state index in [0.717, 1.165) is 45.1 Å². The Morgan fingerprint density at radius 1 is 1.12 bits per heavy atom. The second-order valence-corrected chi connectivity index (χ2v) is 7.70. The number of morpholine rings is 1. The number of para-hydroxylation sites is 1. The number of rotatable bonds is 6. The van der Waals surface area contributed by atoms with Crippen molar-refractivity contribution in [2.75, 3.05) is 51.3 Å². The van der Waals surface area contributed by atoms with Gasteiger partial charge in [0.2, 0.25) is 0 Å². The van der Waals surface area contributed by atoms with Crippen molar-refractivity contribution in [3.05, 3.63) is 58.9 Å². The molecular weight excluding hydrogens is 423 g/mol. The monoisotopic (exact) mass is 447 g/mol. The van der Waals surface area contributed by atoms with Gasteiger partial charge in [-0.25, -0.2) is 0 Å². The van der Waals surface area contributed by atoms with Crippen LogP contribution in [0.3, 0.4) is 0 Å². The van der Waals surface area contributed by atoms with Crippen LogP contribution in [0.2, 0.25) is 0 Å². The van der Waals surface area contributed by atoms with Gasteiger partial charge in [0.05, 0.1) is 18.9 Å². The molecule has 170 valence electrons. The number of alkyl halides is 3. The lowest BCUT2D eigenvalue weighted by Crippen LogP contribution is -2.40. The molecule has 2 heterocycles. The summed E-state index contributed by atoms with van der Waals surface area (Å²) in [7, 11) is 1.97. The third-order valence-electron chi connectivity index (χ3n) is 5.53. The first-order valence-electron chi connectivity index (χ1n) is 10.3. The number of likely N-dealkylation sites (N-methyl/N-ethyl adjacent to an activating group) is 1. The van der Waals surface area contributed by atoms with Crippen LogP contribution in [0.1, 0.15) is 0 Å². The number of fused-ring (bicyclic) bond motifs is 1. The minimum atomic E-state index is -4.83. The highest BCUT2D eigenvalue weighted by atomic mass is 19.4. The molecule has 0 aliphatic carbocycles. The predicted octanol–water partition coefficient (Wildman–Crippen LogP) is 3.86. The number of benzene rings is 2. The van der Waals surface area contributed by atoms with Crippen LogP contribution in [0, 0.1) is 0 Å². The fourth-order valence-corrected chi connectivity index (χ4v) is 3.78. The van der Waals surface area contributed by atoms with Crippen LogP contribution >= 0.6 is 0 Å². The molecule has 0 unspecified atom stereocenters. The van der Waals surface area contributed by atoms with E-state index in [4.69, 9.17) is 4.74 Å². The van der Waals surface area contributed by atoms with Gasteiger partial charge in [-0.1, -0.05) is 18.2 Å². The number of ether oxygens (including phenoxy) is 2. The van der Waals surface area contributed by atoms with Gasteiger partial charge in [0.25, 0.3) is 5.56 Å². The second-order valence-electron chi connectivity index (χ2n) is 7.70. The maximum absolute atomic E-state index is 12.8. The van der Waals surface area contributed by atoms with E-state index in [-0.39, 0.29) is 22.6 Å². The molecule has 0 saturated carbocycles. The number of halogens is 3. The Labute approximate surface area is 183 Å². The fraction of sp³-hybridized carbons (Fsp3) is 0.348. The highest BCUT2D eigenvalue weighted by Crippen LogP contribution is 2.33. The molecule has 9 heteroatoms. The largest absolute Gasteiger partial charge is 0.573 e. The Balaban J connectivity index is 1.59. The minimum Gasteiger partial charge on any atom is -0.405 e. The molecule has 0 amide bonds. The van der Waals surface area contributed by atoms with E-state index in [1.165, 1.54) is 18.2 Å². The lowest BCUT2D eigenvalue weighted by Gasteiger charge is -2.29. The maximum atomic E-state index is 12.8. The third kappa shape index (κ3) is 5.23. The number of H-pyrrole nitrogens is 1. The third-order valence-corrected chi connectivity index (χ3v) is 5.53. The number of pyridine rings is 1. The molecule has 1 N–H and O–H groups in total. The smallest absolute Gasteiger partial charge is 0.405 e. The van der Waals surface area contributed by atoms with Gasteiger partial charge in [-0.15, -0.1) is 13.2 Å². The molecule has 1 aliphatic heterocycles. The molecule has 1 aromatic heterocycles. The van der Waals surface area contributed by atoms with Gasteiger partial charge in [0.15, 0.2) is 0 Å². The molecule has 0 atom stereocenters. The molecule has 6 nitrogen and oxygen atoms in total. The van der Waals surface area contributed by atoms with Gasteiger partial charge >= 0.3 is 6.36 Å². The highest BCUT2D eigenvalue weighted by molar-refractivity contribution is 5.88. The summed E-state index contributed by atoms with van der Waals surface area (Å²) in [5.41, 5.74) is 0.943. The van der Waals surface area contributed by atoms with Crippen LogP contribution in [0.4, 0.5) is 18.9 Å². The number of anilines is 1. The van der Waals surface area contributed by atoms with Crippen molar-refractivity contribution in [3.63, 3.8) is 0 Å². The quantitative estimate of drug-likeness (QED) is 0.622. The van der Waals surface area contributed by atoms with Crippen LogP contribution in [0.5, 0.6) is 5.75 Å². The Morgan fingerprint density at radius 2 is 1.88 bits per heavy atom. The lowest BCUT2D eigenvalue weighted by molar-refractivity contribution is -0.274. The first kappa shape index (κ1) is 22.2. The predicted molar refractivity (Wildman–Crippen MR) is 117 cm³/mol. The zero-order valence-electron chi connectivity index (χ0n) is 17.6. The molecule has 3 aromatic rings. The molecule has 0 spiro atoms. The zero-order valence-corrected chi connectivity index (χ0v) is 17.6. The van der Waals surface area contributed by atoms with Gasteiger partial charge < -0.3 is 19.4 Å². The van der Waals surface area contributed by atoms with Crippen molar-refractivity contribution in [1.82, 2.24) is 9.88 Å². The number of nitrogens with zero attached hydrogens (tertiary/aromatic N) is 2. The van der Waals surface area contributed by atoms with Crippen molar-refractivity contribution >= 4 is 16.5 Å². The molecule has 1 aliphatic rings. The number of aromatic amines is 1. The van der Waals surface area contributed by atoms with Crippen molar-refractivity contribution in [3.8, 4) is 17.0 Å². The van der Waals surface area contributed by atoms with Gasteiger partial charge in [0.1, 0.15) is 5.75 Å². The highest BCUT2D eigenvalue weighted by Gasteiger charge is 2.32. The fourth-order valence-electron chi connectivity index (χ4n) is 3.78. The number of nitrogens with one attached hydrogen (secondary N) is 1. The molecule has 0 bridgehead atoms. The summed E-state index contributed by atoms with van der Waals surface area (Å²) in [5.74, 6) is -0.366. The maximum Gasteiger partial charge on any atom is 0.573 e. The topological polar surface area (TPSA) is 57.8 Å². The summed E-state index contributed by atoms with van der Waals surface area (Å²) >= 11 is 0. The number of hydrogen-bond acceptors (Lipinski definition) is 5. The molecule has 4 rings (SSSR count). The summed E-state index contributed by atoms with van der Waals surface area (Å²) in [4.78, 5) is 19.9. The van der Waals surface area contributed by atoms with E-state index in [0.29, 0.717) is 10.8 Å². The normalized spacial score (nSPS) is 15.1. The van der Waals surface area contributed by atoms with Crippen molar-refractivity contribution in [2.45, 2.75) is 6.36 Å². The first-order chi connectivity index (χ1) is 15.3. The second kappa shape index (κ2) is 9.22. The van der Waals surface area contributed by atoms with Gasteiger partial charge in [0, 0.05) is 49.9 Å². The van der Waals surface area contributed by atoms with Crippen LogP contribution in [-0.4, -0.2) is 62.7 Å². The standard InChI is InChI=1S/C23H24F3N3O3/c1-28(8-9-29-10-12-31-13-11-29)17-7-6-16-14-20(27-22(30)19(16)15-17)18-4-2-3-5-21(18)32-23(24,25)26/h2-7,14-15H,8-13H2,1H3,(H,27,30). The van der Waals surface area contributed by atoms with Gasteiger partial charge in [-0.2, -0.15) is 0 Å². The van der Waals surface area contributed by atoms with E-state index in [2.05, 4.69) is 19.5 Å². The van der Waals surface area contributed by atoms with Crippen molar-refractivity contribution in [2.24, 2.45) is 0 Å². The molecule has 1 fully saturated rings. The molecule has 2 aromatic carbocycles. The van der Waals surface area contributed by atoms with Gasteiger partial charge in [-0.3, -0.25) is 9.69 Å². The van der Waals surface area contributed by atoms with Crippen LogP contribution in [0.25, 0.3) is 22.0 Å². The summed E-state index contributed by atoms with van der Waals surface area (Å²) in [6.45, 7) is 5.00. The zero-order chi connectivity index (χ0) is 22.7. The van der Waals surface area contributed by atoms with E-state index in [1.807, 2.05) is 19.2 Å². The Hall–Kier alpha value is -3.04. The van der Waals surface area contributed by atoms with E-state index in [9.17, 15) is 18.0 Å².